The number of rotatable bonds is 5. The Labute approximate surface area is 144 Å². The van der Waals surface area contributed by atoms with Crippen LogP contribution in [0.4, 0.5) is 0 Å². The summed E-state index contributed by atoms with van der Waals surface area (Å²) < 4.78 is 5.87. The number of hydrogen-bond donors (Lipinski definition) is 0. The van der Waals surface area contributed by atoms with Gasteiger partial charge in [-0.05, 0) is 31.9 Å². The molecule has 0 atom stereocenters. The van der Waals surface area contributed by atoms with Gasteiger partial charge in [-0.3, -0.25) is 9.59 Å². The van der Waals surface area contributed by atoms with E-state index in [0.717, 1.165) is 0 Å². The molecule has 5 nitrogen and oxygen atoms in total. The summed E-state index contributed by atoms with van der Waals surface area (Å²) in [7, 11) is 0. The van der Waals surface area contributed by atoms with E-state index in [2.05, 4.69) is 0 Å². The molecule has 2 rings (SSSR count). The Balaban J connectivity index is 1.91. The number of carbonyl (C=O) groups excluding carboxylic acids is 2. The molecule has 0 unspecified atom stereocenters. The molecule has 0 N–H and O–H groups in total. The third kappa shape index (κ3) is 4.73. The predicted molar refractivity (Wildman–Crippen MR) is 93.8 cm³/mol. The van der Waals surface area contributed by atoms with Crippen LogP contribution in [0.25, 0.3) is 0 Å². The van der Waals surface area contributed by atoms with Gasteiger partial charge in [-0.15, -0.1) is 0 Å². The van der Waals surface area contributed by atoms with Gasteiger partial charge < -0.3 is 14.5 Å². The Kier molecular flexibility index (Phi) is 5.86. The van der Waals surface area contributed by atoms with E-state index >= 15 is 0 Å². The fraction of sp³-hybridized carbons (Fsp3) is 0.579. The summed E-state index contributed by atoms with van der Waals surface area (Å²) in [5, 5.41) is 0. The Morgan fingerprint density at radius 1 is 1.04 bits per heavy atom. The zero-order chi connectivity index (χ0) is 17.7. The van der Waals surface area contributed by atoms with Crippen LogP contribution in [0.5, 0.6) is 5.75 Å². The molecule has 1 aliphatic heterocycles. The normalized spacial score (nSPS) is 15.5. The molecular weight excluding hydrogens is 304 g/mol. The maximum atomic E-state index is 12.8. The fourth-order valence-corrected chi connectivity index (χ4v) is 2.84. The maximum absolute atomic E-state index is 12.8. The van der Waals surface area contributed by atoms with E-state index in [0.29, 0.717) is 44.3 Å². The molecule has 0 saturated carbocycles. The van der Waals surface area contributed by atoms with Gasteiger partial charge in [-0.2, -0.15) is 0 Å². The van der Waals surface area contributed by atoms with Crippen LogP contribution in [-0.4, -0.2) is 53.4 Å². The van der Waals surface area contributed by atoms with Gasteiger partial charge in [0.05, 0.1) is 0 Å². The lowest BCUT2D eigenvalue weighted by atomic mass is 10.1. The first-order chi connectivity index (χ1) is 11.3. The molecule has 1 saturated heterocycles. The zero-order valence-corrected chi connectivity index (χ0v) is 15.1. The molecule has 1 fully saturated rings. The van der Waals surface area contributed by atoms with Crippen molar-refractivity contribution in [3.8, 4) is 5.75 Å². The second-order valence-corrected chi connectivity index (χ2v) is 7.20. The van der Waals surface area contributed by atoms with Crippen LogP contribution in [0.1, 0.15) is 34.1 Å². The third-order valence-electron chi connectivity index (χ3n) is 4.13. The number of carbonyl (C=O) groups is 2. The lowest BCUT2D eigenvalue weighted by Crippen LogP contribution is -2.56. The van der Waals surface area contributed by atoms with Gasteiger partial charge in [-0.25, -0.2) is 0 Å². The van der Waals surface area contributed by atoms with Crippen molar-refractivity contribution < 1.29 is 14.3 Å². The third-order valence-corrected chi connectivity index (χ3v) is 4.13. The van der Waals surface area contributed by atoms with Crippen LogP contribution in [0.15, 0.2) is 30.3 Å². The van der Waals surface area contributed by atoms with Crippen LogP contribution >= 0.6 is 0 Å². The Morgan fingerprint density at radius 3 is 2.12 bits per heavy atom. The lowest BCUT2D eigenvalue weighted by molar-refractivity contribution is -0.149. The molecule has 5 heteroatoms. The molecule has 0 spiro atoms. The van der Waals surface area contributed by atoms with Crippen molar-refractivity contribution in [3.05, 3.63) is 30.3 Å². The predicted octanol–water partition coefficient (Wildman–Crippen LogP) is 2.56. The molecule has 1 heterocycles. The molecule has 24 heavy (non-hydrogen) atoms. The van der Waals surface area contributed by atoms with Gasteiger partial charge in [0, 0.05) is 32.6 Å². The van der Waals surface area contributed by atoms with Crippen molar-refractivity contribution in [3.63, 3.8) is 0 Å². The van der Waals surface area contributed by atoms with Gasteiger partial charge in [0.25, 0.3) is 5.91 Å². The number of benzene rings is 1. The first-order valence-electron chi connectivity index (χ1n) is 8.61. The first-order valence-corrected chi connectivity index (χ1v) is 8.61. The Bertz CT molecular complexity index is 561. The molecule has 0 aromatic heterocycles. The summed E-state index contributed by atoms with van der Waals surface area (Å²) in [5.74, 6) is 1.18. The molecule has 0 aliphatic carbocycles. The van der Waals surface area contributed by atoms with Crippen molar-refractivity contribution in [2.75, 3.05) is 26.2 Å². The van der Waals surface area contributed by atoms with Gasteiger partial charge in [0.2, 0.25) is 5.91 Å². The van der Waals surface area contributed by atoms with Crippen molar-refractivity contribution >= 4 is 11.8 Å². The highest BCUT2D eigenvalue weighted by Crippen LogP contribution is 2.21. The van der Waals surface area contributed by atoms with E-state index in [1.165, 1.54) is 0 Å². The standard InChI is InChI=1S/C19H28N2O3/c1-15(2)14-17(22)20-10-12-21(13-11-20)18(23)19(3,4)24-16-8-6-5-7-9-16/h5-9,15H,10-14H2,1-4H3. The van der Waals surface area contributed by atoms with Crippen molar-refractivity contribution in [2.45, 2.75) is 39.7 Å². The van der Waals surface area contributed by atoms with Crippen LogP contribution in [0.2, 0.25) is 0 Å². The highest BCUT2D eigenvalue weighted by atomic mass is 16.5. The van der Waals surface area contributed by atoms with Crippen molar-refractivity contribution in [1.82, 2.24) is 9.80 Å². The highest BCUT2D eigenvalue weighted by Gasteiger charge is 2.36. The summed E-state index contributed by atoms with van der Waals surface area (Å²) in [4.78, 5) is 28.5. The second kappa shape index (κ2) is 7.69. The summed E-state index contributed by atoms with van der Waals surface area (Å²) in [5.41, 5.74) is -0.925. The number of para-hydroxylation sites is 1. The number of piperazine rings is 1. The van der Waals surface area contributed by atoms with Gasteiger partial charge in [0.1, 0.15) is 5.75 Å². The number of ether oxygens (including phenoxy) is 1. The van der Waals surface area contributed by atoms with Crippen LogP contribution in [0.3, 0.4) is 0 Å². The summed E-state index contributed by atoms with van der Waals surface area (Å²) in [6.07, 6.45) is 0.566. The number of amides is 2. The summed E-state index contributed by atoms with van der Waals surface area (Å²) >= 11 is 0. The molecule has 2 amide bonds. The Hall–Kier alpha value is -2.04. The van der Waals surface area contributed by atoms with Crippen LogP contribution < -0.4 is 4.74 Å². The zero-order valence-electron chi connectivity index (χ0n) is 15.1. The van der Waals surface area contributed by atoms with Crippen LogP contribution in [-0.2, 0) is 9.59 Å². The smallest absolute Gasteiger partial charge is 0.266 e. The molecule has 0 radical (unpaired) electrons. The Morgan fingerprint density at radius 2 is 1.58 bits per heavy atom. The topological polar surface area (TPSA) is 49.9 Å². The van der Waals surface area contributed by atoms with E-state index in [1.54, 1.807) is 18.7 Å². The molecule has 132 valence electrons. The number of hydrogen-bond acceptors (Lipinski definition) is 3. The molecule has 1 aromatic carbocycles. The van der Waals surface area contributed by atoms with Gasteiger partial charge in [-0.1, -0.05) is 32.0 Å². The minimum Gasteiger partial charge on any atom is -0.478 e. The minimum absolute atomic E-state index is 0.0395. The average molecular weight is 332 g/mol. The van der Waals surface area contributed by atoms with Crippen LogP contribution in [0, 0.1) is 5.92 Å². The second-order valence-electron chi connectivity index (χ2n) is 7.20. The molecular formula is C19H28N2O3. The van der Waals surface area contributed by atoms with E-state index in [4.69, 9.17) is 4.74 Å². The number of nitrogens with zero attached hydrogens (tertiary/aromatic N) is 2. The monoisotopic (exact) mass is 332 g/mol. The average Bonchev–Trinajstić information content (AvgIpc) is 2.54. The van der Waals surface area contributed by atoms with E-state index in [1.807, 2.05) is 49.1 Å². The van der Waals surface area contributed by atoms with Gasteiger partial charge in [0.15, 0.2) is 5.60 Å². The van der Waals surface area contributed by atoms with Gasteiger partial charge >= 0.3 is 0 Å². The summed E-state index contributed by atoms with van der Waals surface area (Å²) in [6.45, 7) is 9.98. The van der Waals surface area contributed by atoms with Crippen molar-refractivity contribution in [1.29, 1.82) is 0 Å². The van der Waals surface area contributed by atoms with E-state index < -0.39 is 5.60 Å². The van der Waals surface area contributed by atoms with Crippen molar-refractivity contribution in [2.24, 2.45) is 5.92 Å². The quantitative estimate of drug-likeness (QED) is 0.833. The highest BCUT2D eigenvalue weighted by molar-refractivity contribution is 5.85. The largest absolute Gasteiger partial charge is 0.478 e. The molecule has 0 bridgehead atoms. The first kappa shape index (κ1) is 18.3. The SMILES string of the molecule is CC(C)CC(=O)N1CCN(C(=O)C(C)(C)Oc2ccccc2)CC1. The van der Waals surface area contributed by atoms with E-state index in [-0.39, 0.29) is 11.8 Å². The van der Waals surface area contributed by atoms with E-state index in [9.17, 15) is 9.59 Å². The minimum atomic E-state index is -0.925. The maximum Gasteiger partial charge on any atom is 0.266 e. The molecule has 1 aliphatic rings. The summed E-state index contributed by atoms with van der Waals surface area (Å²) in [6, 6.07) is 9.37. The lowest BCUT2D eigenvalue weighted by Gasteiger charge is -2.38. The molecule has 1 aromatic rings. The fourth-order valence-electron chi connectivity index (χ4n) is 2.84.